The van der Waals surface area contributed by atoms with Crippen LogP contribution in [0.15, 0.2) is 36.5 Å². The second kappa shape index (κ2) is 4.87. The number of nitrogen functional groups attached to an aromatic ring is 1. The molecule has 0 atom stereocenters. The fraction of sp³-hybridized carbons (Fsp3) is 0.214. The average Bonchev–Trinajstić information content (AvgIpc) is 2.28. The first-order valence-electron chi connectivity index (χ1n) is 5.66. The minimum atomic E-state index is 0.698. The number of hydrogen-bond donors (Lipinski definition) is 2. The Balaban J connectivity index is 2.07. The maximum absolute atomic E-state index is 5.66. The number of aryl methyl sites for hydroxylation is 2. The van der Waals surface area contributed by atoms with E-state index in [1.807, 2.05) is 13.0 Å². The van der Waals surface area contributed by atoms with Crippen molar-refractivity contribution in [1.82, 2.24) is 4.98 Å². The lowest BCUT2D eigenvalue weighted by Crippen LogP contribution is -2.03. The van der Waals surface area contributed by atoms with Gasteiger partial charge in [0.25, 0.3) is 0 Å². The molecule has 0 aliphatic heterocycles. The van der Waals surface area contributed by atoms with Crippen molar-refractivity contribution in [1.29, 1.82) is 0 Å². The molecule has 1 heterocycles. The van der Waals surface area contributed by atoms with Gasteiger partial charge in [-0.2, -0.15) is 0 Å². The Labute approximate surface area is 102 Å². The van der Waals surface area contributed by atoms with Crippen LogP contribution in [0.1, 0.15) is 16.7 Å². The normalized spacial score (nSPS) is 10.2. The van der Waals surface area contributed by atoms with E-state index < -0.39 is 0 Å². The second-order valence-corrected chi connectivity index (χ2v) is 4.28. The summed E-state index contributed by atoms with van der Waals surface area (Å²) in [4.78, 5) is 4.28. The molecule has 1 aromatic heterocycles. The van der Waals surface area contributed by atoms with Crippen molar-refractivity contribution in [3.63, 3.8) is 0 Å². The SMILES string of the molecule is Cc1cccc(CNc2ncc(N)cc2C)c1. The molecule has 3 N–H and O–H groups in total. The molecule has 0 fully saturated rings. The van der Waals surface area contributed by atoms with E-state index in [0.717, 1.165) is 17.9 Å². The van der Waals surface area contributed by atoms with Crippen molar-refractivity contribution in [3.05, 3.63) is 53.2 Å². The zero-order chi connectivity index (χ0) is 12.3. The molecular formula is C14H17N3. The topological polar surface area (TPSA) is 50.9 Å². The lowest BCUT2D eigenvalue weighted by molar-refractivity contribution is 1.09. The van der Waals surface area contributed by atoms with Crippen LogP contribution >= 0.6 is 0 Å². The highest BCUT2D eigenvalue weighted by molar-refractivity contribution is 5.51. The molecule has 88 valence electrons. The maximum Gasteiger partial charge on any atom is 0.129 e. The Bertz CT molecular complexity index is 521. The number of nitrogens with two attached hydrogens (primary N) is 1. The van der Waals surface area contributed by atoms with Crippen molar-refractivity contribution in [2.45, 2.75) is 20.4 Å². The van der Waals surface area contributed by atoms with Crippen LogP contribution in [0, 0.1) is 13.8 Å². The number of hydrogen-bond acceptors (Lipinski definition) is 3. The van der Waals surface area contributed by atoms with Crippen LogP contribution in [0.25, 0.3) is 0 Å². The van der Waals surface area contributed by atoms with Gasteiger partial charge >= 0.3 is 0 Å². The van der Waals surface area contributed by atoms with Gasteiger partial charge in [0.2, 0.25) is 0 Å². The lowest BCUT2D eigenvalue weighted by atomic mass is 10.1. The molecule has 2 aromatic rings. The van der Waals surface area contributed by atoms with Crippen LogP contribution < -0.4 is 11.1 Å². The van der Waals surface area contributed by atoms with E-state index in [4.69, 9.17) is 5.73 Å². The Hall–Kier alpha value is -2.03. The maximum atomic E-state index is 5.66. The van der Waals surface area contributed by atoms with E-state index in [-0.39, 0.29) is 0 Å². The van der Waals surface area contributed by atoms with Crippen LogP contribution in [-0.4, -0.2) is 4.98 Å². The van der Waals surface area contributed by atoms with E-state index in [0.29, 0.717) is 5.69 Å². The van der Waals surface area contributed by atoms with Gasteiger partial charge in [-0.1, -0.05) is 29.8 Å². The third kappa shape index (κ3) is 2.97. The van der Waals surface area contributed by atoms with E-state index in [2.05, 4.69) is 41.5 Å². The first-order chi connectivity index (χ1) is 8.15. The largest absolute Gasteiger partial charge is 0.397 e. The van der Waals surface area contributed by atoms with E-state index in [1.165, 1.54) is 11.1 Å². The number of nitrogens with zero attached hydrogens (tertiary/aromatic N) is 1. The molecule has 17 heavy (non-hydrogen) atoms. The van der Waals surface area contributed by atoms with Gasteiger partial charge in [0.05, 0.1) is 11.9 Å². The number of rotatable bonds is 3. The fourth-order valence-electron chi connectivity index (χ4n) is 1.79. The van der Waals surface area contributed by atoms with Crippen LogP contribution in [0.5, 0.6) is 0 Å². The summed E-state index contributed by atoms with van der Waals surface area (Å²) in [5, 5.41) is 3.32. The van der Waals surface area contributed by atoms with Gasteiger partial charge in [0, 0.05) is 6.54 Å². The molecule has 0 amide bonds. The third-order valence-electron chi connectivity index (χ3n) is 2.64. The minimum Gasteiger partial charge on any atom is -0.397 e. The quantitative estimate of drug-likeness (QED) is 0.847. The Morgan fingerprint density at radius 1 is 1.24 bits per heavy atom. The first-order valence-corrected chi connectivity index (χ1v) is 5.66. The minimum absolute atomic E-state index is 0.698. The molecule has 0 spiro atoms. The summed E-state index contributed by atoms with van der Waals surface area (Å²) in [7, 11) is 0. The predicted octanol–water partition coefficient (Wildman–Crippen LogP) is 2.89. The van der Waals surface area contributed by atoms with Crippen molar-refractivity contribution < 1.29 is 0 Å². The average molecular weight is 227 g/mol. The van der Waals surface area contributed by atoms with E-state index >= 15 is 0 Å². The zero-order valence-electron chi connectivity index (χ0n) is 10.2. The van der Waals surface area contributed by atoms with Crippen LogP contribution in [0.3, 0.4) is 0 Å². The molecule has 0 saturated carbocycles. The van der Waals surface area contributed by atoms with E-state index in [1.54, 1.807) is 6.20 Å². The zero-order valence-corrected chi connectivity index (χ0v) is 10.2. The van der Waals surface area contributed by atoms with Crippen LogP contribution in [0.4, 0.5) is 11.5 Å². The van der Waals surface area contributed by atoms with Crippen LogP contribution in [-0.2, 0) is 6.54 Å². The van der Waals surface area contributed by atoms with Gasteiger partial charge in [-0.05, 0) is 31.0 Å². The van der Waals surface area contributed by atoms with Crippen molar-refractivity contribution in [2.24, 2.45) is 0 Å². The molecule has 0 bridgehead atoms. The smallest absolute Gasteiger partial charge is 0.129 e. The van der Waals surface area contributed by atoms with Crippen molar-refractivity contribution in [3.8, 4) is 0 Å². The van der Waals surface area contributed by atoms with Gasteiger partial charge < -0.3 is 11.1 Å². The number of anilines is 2. The Morgan fingerprint density at radius 2 is 2.06 bits per heavy atom. The predicted molar refractivity (Wildman–Crippen MR) is 71.9 cm³/mol. The second-order valence-electron chi connectivity index (χ2n) is 4.28. The van der Waals surface area contributed by atoms with Gasteiger partial charge in [-0.25, -0.2) is 4.98 Å². The molecule has 0 aliphatic carbocycles. The summed E-state index contributed by atoms with van der Waals surface area (Å²) in [6.07, 6.45) is 1.67. The molecule has 1 aromatic carbocycles. The van der Waals surface area contributed by atoms with E-state index in [9.17, 15) is 0 Å². The molecule has 0 radical (unpaired) electrons. The molecule has 3 heteroatoms. The summed E-state index contributed by atoms with van der Waals surface area (Å²) in [5.41, 5.74) is 9.95. The molecule has 3 nitrogen and oxygen atoms in total. The Kier molecular flexibility index (Phi) is 3.28. The number of nitrogens with one attached hydrogen (secondary N) is 1. The third-order valence-corrected chi connectivity index (χ3v) is 2.64. The molecule has 2 rings (SSSR count). The number of benzene rings is 1. The molecular weight excluding hydrogens is 210 g/mol. The standard InChI is InChI=1S/C14H17N3/c1-10-4-3-5-12(6-10)8-16-14-11(2)7-13(15)9-17-14/h3-7,9H,8,15H2,1-2H3,(H,16,17). The van der Waals surface area contributed by atoms with Gasteiger partial charge in [0.1, 0.15) is 5.82 Å². The Morgan fingerprint density at radius 3 is 2.76 bits per heavy atom. The first kappa shape index (κ1) is 11.5. The van der Waals surface area contributed by atoms with Crippen molar-refractivity contribution >= 4 is 11.5 Å². The summed E-state index contributed by atoms with van der Waals surface area (Å²) < 4.78 is 0. The van der Waals surface area contributed by atoms with Crippen LogP contribution in [0.2, 0.25) is 0 Å². The number of pyridine rings is 1. The molecule has 0 saturated heterocycles. The summed E-state index contributed by atoms with van der Waals surface area (Å²) >= 11 is 0. The summed E-state index contributed by atoms with van der Waals surface area (Å²) in [6.45, 7) is 4.87. The molecule has 0 unspecified atom stereocenters. The fourth-order valence-corrected chi connectivity index (χ4v) is 1.79. The van der Waals surface area contributed by atoms with Crippen molar-refractivity contribution in [2.75, 3.05) is 11.1 Å². The lowest BCUT2D eigenvalue weighted by Gasteiger charge is -2.09. The molecule has 0 aliphatic rings. The van der Waals surface area contributed by atoms with Gasteiger partial charge in [-0.15, -0.1) is 0 Å². The highest BCUT2D eigenvalue weighted by atomic mass is 15.0. The van der Waals surface area contributed by atoms with Gasteiger partial charge in [0.15, 0.2) is 0 Å². The highest BCUT2D eigenvalue weighted by Crippen LogP contribution is 2.15. The summed E-state index contributed by atoms with van der Waals surface area (Å²) in [5.74, 6) is 0.890. The monoisotopic (exact) mass is 227 g/mol. The highest BCUT2D eigenvalue weighted by Gasteiger charge is 2.00. The number of aromatic nitrogens is 1. The summed E-state index contributed by atoms with van der Waals surface area (Å²) in [6, 6.07) is 10.4. The van der Waals surface area contributed by atoms with Gasteiger partial charge in [-0.3, -0.25) is 0 Å².